The molecule has 28 heavy (non-hydrogen) atoms. The molecule has 1 nitrogen and oxygen atoms in total. The van der Waals surface area contributed by atoms with E-state index in [1.807, 2.05) is 6.79 Å². The lowest BCUT2D eigenvalue weighted by Gasteiger charge is -2.18. The van der Waals surface area contributed by atoms with Crippen molar-refractivity contribution in [3.05, 3.63) is 144 Å². The van der Waals surface area contributed by atoms with Gasteiger partial charge in [-0.2, -0.15) is 0 Å². The number of carbonyl (C=O) groups excluding carboxylic acids is 1. The predicted molar refractivity (Wildman–Crippen MR) is 118 cm³/mol. The molecule has 1 heteroatoms. The fourth-order valence-corrected chi connectivity index (χ4v) is 3.33. The van der Waals surface area contributed by atoms with E-state index in [2.05, 4.69) is 121 Å². The van der Waals surface area contributed by atoms with Crippen molar-refractivity contribution in [3.63, 3.8) is 0 Å². The van der Waals surface area contributed by atoms with Crippen LogP contribution in [-0.2, 0) is 4.79 Å². The Bertz CT molecular complexity index is 837. The largest absolute Gasteiger partial charge is 0.307 e. The van der Waals surface area contributed by atoms with Crippen LogP contribution in [0.5, 0.6) is 0 Å². The SMILES string of the molecule is C=O.c1ccc(C(=C(c2ccccc2)c2ccccc2)c2ccccc2)cc1. The Hall–Kier alpha value is -3.71. The van der Waals surface area contributed by atoms with Crippen molar-refractivity contribution in [2.24, 2.45) is 0 Å². The maximum Gasteiger partial charge on any atom is 0.106 e. The Morgan fingerprint density at radius 1 is 0.357 bits per heavy atom. The number of carbonyl (C=O) groups is 1. The first-order valence-corrected chi connectivity index (χ1v) is 9.18. The molecule has 0 aromatic heterocycles. The first kappa shape index (κ1) is 19.1. The summed E-state index contributed by atoms with van der Waals surface area (Å²) in [7, 11) is 0. The van der Waals surface area contributed by atoms with Crippen LogP contribution in [0.2, 0.25) is 0 Å². The second-order valence-electron chi connectivity index (χ2n) is 6.21. The van der Waals surface area contributed by atoms with Crippen molar-refractivity contribution >= 4 is 17.9 Å². The molecule has 0 aliphatic heterocycles. The van der Waals surface area contributed by atoms with Crippen LogP contribution in [0.25, 0.3) is 11.1 Å². The van der Waals surface area contributed by atoms with Crippen molar-refractivity contribution < 1.29 is 4.79 Å². The van der Waals surface area contributed by atoms with Gasteiger partial charge in [0.05, 0.1) is 0 Å². The Morgan fingerprint density at radius 2 is 0.536 bits per heavy atom. The van der Waals surface area contributed by atoms with Gasteiger partial charge in [-0.05, 0) is 33.4 Å². The fraction of sp³-hybridized carbons (Fsp3) is 0. The van der Waals surface area contributed by atoms with Crippen LogP contribution in [0, 0.1) is 0 Å². The van der Waals surface area contributed by atoms with E-state index in [4.69, 9.17) is 4.79 Å². The molecule has 0 unspecified atom stereocenters. The molecule has 0 saturated heterocycles. The summed E-state index contributed by atoms with van der Waals surface area (Å²) in [5, 5.41) is 0. The van der Waals surface area contributed by atoms with E-state index in [9.17, 15) is 0 Å². The number of benzene rings is 4. The third-order valence-electron chi connectivity index (χ3n) is 4.50. The van der Waals surface area contributed by atoms with Crippen molar-refractivity contribution in [1.29, 1.82) is 0 Å². The minimum absolute atomic E-state index is 1.22. The van der Waals surface area contributed by atoms with E-state index in [-0.39, 0.29) is 0 Å². The molecule has 0 radical (unpaired) electrons. The molecule has 0 aliphatic rings. The van der Waals surface area contributed by atoms with E-state index in [1.54, 1.807) is 0 Å². The van der Waals surface area contributed by atoms with Crippen LogP contribution in [0.1, 0.15) is 22.3 Å². The molecule has 4 aromatic carbocycles. The van der Waals surface area contributed by atoms with E-state index in [1.165, 1.54) is 33.4 Å². The summed E-state index contributed by atoms with van der Waals surface area (Å²) >= 11 is 0. The van der Waals surface area contributed by atoms with Gasteiger partial charge in [0, 0.05) is 0 Å². The average molecular weight is 362 g/mol. The van der Waals surface area contributed by atoms with Gasteiger partial charge in [0.25, 0.3) is 0 Å². The molecule has 0 saturated carbocycles. The second-order valence-corrected chi connectivity index (χ2v) is 6.21. The Kier molecular flexibility index (Phi) is 6.70. The molecule has 0 atom stereocenters. The molecule has 4 rings (SSSR count). The summed E-state index contributed by atoms with van der Waals surface area (Å²) in [6.45, 7) is 2.00. The van der Waals surface area contributed by atoms with Crippen LogP contribution in [0.3, 0.4) is 0 Å². The molecule has 0 N–H and O–H groups in total. The second kappa shape index (κ2) is 9.84. The van der Waals surface area contributed by atoms with Crippen molar-refractivity contribution in [1.82, 2.24) is 0 Å². The average Bonchev–Trinajstić information content (AvgIpc) is 2.81. The monoisotopic (exact) mass is 362 g/mol. The van der Waals surface area contributed by atoms with Crippen LogP contribution >= 0.6 is 0 Å². The van der Waals surface area contributed by atoms with Gasteiger partial charge < -0.3 is 4.79 Å². The normalized spacial score (nSPS) is 9.71. The van der Waals surface area contributed by atoms with E-state index in [0.29, 0.717) is 0 Å². The lowest BCUT2D eigenvalue weighted by molar-refractivity contribution is -0.0979. The molecule has 136 valence electrons. The van der Waals surface area contributed by atoms with Gasteiger partial charge in [-0.3, -0.25) is 0 Å². The Morgan fingerprint density at radius 3 is 0.714 bits per heavy atom. The van der Waals surface area contributed by atoms with E-state index >= 15 is 0 Å². The number of rotatable bonds is 4. The zero-order valence-corrected chi connectivity index (χ0v) is 15.7. The third kappa shape index (κ3) is 4.33. The molecule has 0 spiro atoms. The molecular weight excluding hydrogens is 340 g/mol. The maximum atomic E-state index is 8.00. The van der Waals surface area contributed by atoms with E-state index < -0.39 is 0 Å². The summed E-state index contributed by atoms with van der Waals surface area (Å²) in [6.07, 6.45) is 0. The van der Waals surface area contributed by atoms with Gasteiger partial charge in [0.1, 0.15) is 6.79 Å². The molecule has 0 aliphatic carbocycles. The highest BCUT2D eigenvalue weighted by atomic mass is 16.1. The predicted octanol–water partition coefficient (Wildman–Crippen LogP) is 6.51. The van der Waals surface area contributed by atoms with Crippen LogP contribution in [0.4, 0.5) is 0 Å². The molecule has 0 amide bonds. The minimum atomic E-state index is 1.22. The van der Waals surface area contributed by atoms with E-state index in [0.717, 1.165) is 0 Å². The summed E-state index contributed by atoms with van der Waals surface area (Å²) in [5.74, 6) is 0. The quantitative estimate of drug-likeness (QED) is 0.378. The molecule has 0 heterocycles. The van der Waals surface area contributed by atoms with Crippen molar-refractivity contribution in [2.75, 3.05) is 0 Å². The maximum absolute atomic E-state index is 8.00. The molecular formula is C27H22O. The van der Waals surface area contributed by atoms with Crippen LogP contribution in [-0.4, -0.2) is 6.79 Å². The highest BCUT2D eigenvalue weighted by Gasteiger charge is 2.15. The van der Waals surface area contributed by atoms with Gasteiger partial charge in [-0.1, -0.05) is 121 Å². The standard InChI is InChI=1S/C26H20.CH2O/c1-5-13-21(14-6-1)25(22-15-7-2-8-16-22)26(23-17-9-3-10-18-23)24-19-11-4-12-20-24;1-2/h1-20H;1H2. The molecule has 4 aromatic rings. The molecule has 0 bridgehead atoms. The first-order valence-electron chi connectivity index (χ1n) is 9.18. The zero-order valence-electron chi connectivity index (χ0n) is 15.7. The summed E-state index contributed by atoms with van der Waals surface area (Å²) in [4.78, 5) is 8.00. The Labute approximate surface area is 166 Å². The number of hydrogen-bond donors (Lipinski definition) is 0. The smallest absolute Gasteiger partial charge is 0.106 e. The van der Waals surface area contributed by atoms with Crippen LogP contribution < -0.4 is 0 Å². The topological polar surface area (TPSA) is 17.1 Å². The summed E-state index contributed by atoms with van der Waals surface area (Å²) in [6, 6.07) is 42.6. The Balaban J connectivity index is 0.00000109. The third-order valence-corrected chi connectivity index (χ3v) is 4.50. The highest BCUT2D eigenvalue weighted by molar-refractivity contribution is 6.04. The van der Waals surface area contributed by atoms with Gasteiger partial charge in [-0.25, -0.2) is 0 Å². The van der Waals surface area contributed by atoms with Gasteiger partial charge in [0.2, 0.25) is 0 Å². The first-order chi connectivity index (χ1) is 13.9. The number of hydrogen-bond acceptors (Lipinski definition) is 1. The summed E-state index contributed by atoms with van der Waals surface area (Å²) in [5.41, 5.74) is 7.40. The fourth-order valence-electron chi connectivity index (χ4n) is 3.33. The zero-order chi connectivity index (χ0) is 19.6. The summed E-state index contributed by atoms with van der Waals surface area (Å²) < 4.78 is 0. The lowest BCUT2D eigenvalue weighted by Crippen LogP contribution is -1.97. The van der Waals surface area contributed by atoms with Crippen molar-refractivity contribution in [2.45, 2.75) is 0 Å². The van der Waals surface area contributed by atoms with Crippen LogP contribution in [0.15, 0.2) is 121 Å². The lowest BCUT2D eigenvalue weighted by atomic mass is 9.86. The van der Waals surface area contributed by atoms with Crippen molar-refractivity contribution in [3.8, 4) is 0 Å². The van der Waals surface area contributed by atoms with Gasteiger partial charge >= 0.3 is 0 Å². The van der Waals surface area contributed by atoms with Gasteiger partial charge in [0.15, 0.2) is 0 Å². The van der Waals surface area contributed by atoms with Gasteiger partial charge in [-0.15, -0.1) is 0 Å². The molecule has 0 fully saturated rings. The highest BCUT2D eigenvalue weighted by Crippen LogP contribution is 2.36. The minimum Gasteiger partial charge on any atom is -0.307 e.